The van der Waals surface area contributed by atoms with Crippen LogP contribution in [0.15, 0.2) is 29.6 Å². The van der Waals surface area contributed by atoms with Gasteiger partial charge < -0.3 is 5.11 Å². The molecule has 1 aromatic heterocycles. The fourth-order valence-electron chi connectivity index (χ4n) is 2.80. The Bertz CT molecular complexity index is 584. The molecule has 112 valence electrons. The lowest BCUT2D eigenvalue weighted by atomic mass is 10.1. The van der Waals surface area contributed by atoms with Crippen molar-refractivity contribution in [2.24, 2.45) is 0 Å². The summed E-state index contributed by atoms with van der Waals surface area (Å²) in [5.41, 5.74) is 3.36. The molecule has 0 saturated carbocycles. The molecule has 3 rings (SSSR count). The van der Waals surface area contributed by atoms with Gasteiger partial charge in [-0.3, -0.25) is 4.90 Å². The first-order chi connectivity index (χ1) is 10.3. The van der Waals surface area contributed by atoms with Crippen molar-refractivity contribution >= 4 is 22.9 Å². The van der Waals surface area contributed by atoms with Crippen LogP contribution in [-0.4, -0.2) is 34.2 Å². The lowest BCUT2D eigenvalue weighted by molar-refractivity contribution is 0.153. The van der Waals surface area contributed by atoms with E-state index in [1.54, 1.807) is 11.3 Å². The average Bonchev–Trinajstić information content (AvgIpc) is 3.16. The Morgan fingerprint density at radius 2 is 2.14 bits per heavy atom. The number of halogens is 1. The van der Waals surface area contributed by atoms with Crippen molar-refractivity contribution in [1.82, 2.24) is 9.88 Å². The minimum Gasteiger partial charge on any atom is -0.395 e. The molecule has 1 fully saturated rings. The van der Waals surface area contributed by atoms with Crippen LogP contribution in [0.2, 0.25) is 0 Å². The topological polar surface area (TPSA) is 36.4 Å². The van der Waals surface area contributed by atoms with Crippen LogP contribution in [0.4, 0.5) is 0 Å². The van der Waals surface area contributed by atoms with Crippen LogP contribution in [0.5, 0.6) is 0 Å². The zero-order valence-corrected chi connectivity index (χ0v) is 13.4. The number of alkyl halides is 1. The fraction of sp³-hybridized carbons (Fsp3) is 0.438. The van der Waals surface area contributed by atoms with Crippen molar-refractivity contribution < 1.29 is 5.11 Å². The number of hydrogen-bond acceptors (Lipinski definition) is 4. The molecule has 1 aliphatic rings. The summed E-state index contributed by atoms with van der Waals surface area (Å²) in [5, 5.41) is 12.4. The number of rotatable bonds is 5. The van der Waals surface area contributed by atoms with Gasteiger partial charge >= 0.3 is 0 Å². The van der Waals surface area contributed by atoms with E-state index >= 15 is 0 Å². The number of benzene rings is 1. The summed E-state index contributed by atoms with van der Waals surface area (Å²) in [6.07, 6.45) is 2.29. The second kappa shape index (κ2) is 6.88. The maximum absolute atomic E-state index is 9.37. The molecule has 1 atom stereocenters. The van der Waals surface area contributed by atoms with E-state index in [1.807, 2.05) is 5.38 Å². The first kappa shape index (κ1) is 15.0. The van der Waals surface area contributed by atoms with Crippen LogP contribution in [0.1, 0.15) is 24.1 Å². The predicted octanol–water partition coefficient (Wildman–Crippen LogP) is 3.51. The first-order valence-corrected chi connectivity index (χ1v) is 8.66. The molecule has 3 nitrogen and oxygen atoms in total. The highest BCUT2D eigenvalue weighted by Crippen LogP contribution is 2.26. The van der Waals surface area contributed by atoms with Crippen molar-refractivity contribution in [3.63, 3.8) is 0 Å². The SMILES string of the molecule is OCC1CCCN1Cc1ccc(-c2nc(CCl)cs2)cc1. The van der Waals surface area contributed by atoms with Crippen LogP contribution >= 0.6 is 22.9 Å². The van der Waals surface area contributed by atoms with Gasteiger partial charge in [0.15, 0.2) is 0 Å². The monoisotopic (exact) mass is 322 g/mol. The third kappa shape index (κ3) is 3.46. The lowest BCUT2D eigenvalue weighted by Gasteiger charge is -2.22. The summed E-state index contributed by atoms with van der Waals surface area (Å²) in [6, 6.07) is 8.88. The van der Waals surface area contributed by atoms with E-state index < -0.39 is 0 Å². The molecule has 0 radical (unpaired) electrons. The highest BCUT2D eigenvalue weighted by atomic mass is 35.5. The summed E-state index contributed by atoms with van der Waals surface area (Å²) in [6.45, 7) is 2.26. The van der Waals surface area contributed by atoms with Crippen molar-refractivity contribution in [3.8, 4) is 10.6 Å². The molecule has 2 heterocycles. The normalized spacial score (nSPS) is 19.2. The molecule has 1 aliphatic heterocycles. The van der Waals surface area contributed by atoms with E-state index in [0.29, 0.717) is 11.9 Å². The Balaban J connectivity index is 1.69. The zero-order valence-electron chi connectivity index (χ0n) is 11.8. The Morgan fingerprint density at radius 1 is 1.33 bits per heavy atom. The van der Waals surface area contributed by atoms with Crippen LogP contribution in [0.3, 0.4) is 0 Å². The number of aliphatic hydroxyl groups excluding tert-OH is 1. The average molecular weight is 323 g/mol. The van der Waals surface area contributed by atoms with Crippen LogP contribution in [0.25, 0.3) is 10.6 Å². The number of thiazole rings is 1. The third-order valence-electron chi connectivity index (χ3n) is 3.99. The minimum absolute atomic E-state index is 0.262. The molecule has 21 heavy (non-hydrogen) atoms. The molecular formula is C16H19ClN2OS. The quantitative estimate of drug-likeness (QED) is 0.856. The molecule has 1 N–H and O–H groups in total. The number of hydrogen-bond donors (Lipinski definition) is 1. The van der Waals surface area contributed by atoms with Crippen LogP contribution in [-0.2, 0) is 12.4 Å². The maximum Gasteiger partial charge on any atom is 0.123 e. The van der Waals surface area contributed by atoms with Crippen molar-refractivity contribution in [3.05, 3.63) is 40.9 Å². The highest BCUT2D eigenvalue weighted by Gasteiger charge is 2.23. The van der Waals surface area contributed by atoms with Gasteiger partial charge in [-0.2, -0.15) is 0 Å². The van der Waals surface area contributed by atoms with Gasteiger partial charge in [-0.1, -0.05) is 24.3 Å². The van der Waals surface area contributed by atoms with Gasteiger partial charge in [-0.15, -0.1) is 22.9 Å². The van der Waals surface area contributed by atoms with E-state index in [-0.39, 0.29) is 6.61 Å². The van der Waals surface area contributed by atoms with Gasteiger partial charge in [0.25, 0.3) is 0 Å². The van der Waals surface area contributed by atoms with Crippen LogP contribution < -0.4 is 0 Å². The van der Waals surface area contributed by atoms with Crippen molar-refractivity contribution in [2.45, 2.75) is 31.3 Å². The predicted molar refractivity (Wildman–Crippen MR) is 87.6 cm³/mol. The van der Waals surface area contributed by atoms with Gasteiger partial charge in [-0.25, -0.2) is 4.98 Å². The van der Waals surface area contributed by atoms with Crippen molar-refractivity contribution in [1.29, 1.82) is 0 Å². The molecule has 0 bridgehead atoms. The summed E-state index contributed by atoms with van der Waals surface area (Å²) in [5.74, 6) is 0.464. The van der Waals surface area contributed by atoms with Crippen molar-refractivity contribution in [2.75, 3.05) is 13.2 Å². The molecule has 0 amide bonds. The number of aliphatic hydroxyl groups is 1. The molecule has 2 aromatic rings. The van der Waals surface area contributed by atoms with E-state index in [0.717, 1.165) is 35.8 Å². The van der Waals surface area contributed by atoms with E-state index in [2.05, 4.69) is 34.1 Å². The smallest absolute Gasteiger partial charge is 0.123 e. The lowest BCUT2D eigenvalue weighted by Crippen LogP contribution is -2.31. The molecule has 1 saturated heterocycles. The minimum atomic E-state index is 0.262. The summed E-state index contributed by atoms with van der Waals surface area (Å²) < 4.78 is 0. The highest BCUT2D eigenvalue weighted by molar-refractivity contribution is 7.13. The van der Waals surface area contributed by atoms with E-state index in [4.69, 9.17) is 11.6 Å². The Labute approximate surface area is 134 Å². The second-order valence-corrected chi connectivity index (χ2v) is 6.55. The van der Waals surface area contributed by atoms with Gasteiger partial charge in [0.2, 0.25) is 0 Å². The van der Waals surface area contributed by atoms with Gasteiger partial charge in [0.1, 0.15) is 5.01 Å². The number of likely N-dealkylation sites (tertiary alicyclic amines) is 1. The molecular weight excluding hydrogens is 304 g/mol. The Kier molecular flexibility index (Phi) is 4.91. The van der Waals surface area contributed by atoms with Crippen LogP contribution in [0, 0.1) is 0 Å². The van der Waals surface area contributed by atoms with Gasteiger partial charge in [0, 0.05) is 23.5 Å². The van der Waals surface area contributed by atoms with Gasteiger partial charge in [0.05, 0.1) is 18.2 Å². The molecule has 0 spiro atoms. The number of aromatic nitrogens is 1. The third-order valence-corrected chi connectivity index (χ3v) is 5.20. The standard InChI is InChI=1S/C16H19ClN2OS/c17-8-14-11-21-16(18-14)13-5-3-12(4-6-13)9-19-7-1-2-15(19)10-20/h3-6,11,15,20H,1-2,7-10H2. The first-order valence-electron chi connectivity index (χ1n) is 7.24. The number of nitrogens with zero attached hydrogens (tertiary/aromatic N) is 2. The fourth-order valence-corrected chi connectivity index (χ4v) is 3.85. The van der Waals surface area contributed by atoms with Gasteiger partial charge in [-0.05, 0) is 24.9 Å². The molecule has 5 heteroatoms. The summed E-state index contributed by atoms with van der Waals surface area (Å²) in [7, 11) is 0. The molecule has 1 unspecified atom stereocenters. The Hall–Kier alpha value is -0.940. The summed E-state index contributed by atoms with van der Waals surface area (Å²) >= 11 is 7.42. The Morgan fingerprint density at radius 3 is 2.81 bits per heavy atom. The molecule has 0 aliphatic carbocycles. The maximum atomic E-state index is 9.37. The molecule has 1 aromatic carbocycles. The summed E-state index contributed by atoms with van der Waals surface area (Å²) in [4.78, 5) is 6.87. The largest absolute Gasteiger partial charge is 0.395 e. The zero-order chi connectivity index (χ0) is 14.7. The van der Waals surface area contributed by atoms with E-state index in [1.165, 1.54) is 12.0 Å². The van der Waals surface area contributed by atoms with E-state index in [9.17, 15) is 5.11 Å². The second-order valence-electron chi connectivity index (χ2n) is 5.42.